The smallest absolute Gasteiger partial charge is 0.348 e. The van der Waals surface area contributed by atoms with E-state index < -0.39 is 11.8 Å². The molecule has 1 aromatic heterocycles. The molecule has 1 N–H and O–H groups in total. The minimum atomic E-state index is -1.23. The lowest BCUT2D eigenvalue weighted by molar-refractivity contribution is 0.0697. The Kier molecular flexibility index (Phi) is 10.0. The van der Waals surface area contributed by atoms with E-state index in [0.717, 1.165) is 29.1 Å². The van der Waals surface area contributed by atoms with Crippen LogP contribution in [0.2, 0.25) is 0 Å². The predicted octanol–water partition coefficient (Wildman–Crippen LogP) is 7.55. The zero-order valence-electron chi connectivity index (χ0n) is 16.7. The lowest BCUT2D eigenvalue weighted by Gasteiger charge is -2.07. The van der Waals surface area contributed by atoms with Gasteiger partial charge in [0.1, 0.15) is 16.4 Å². The summed E-state index contributed by atoms with van der Waals surface area (Å²) in [7, 11) is 0. The highest BCUT2D eigenvalue weighted by atomic mass is 32.1. The molecule has 28 heavy (non-hydrogen) atoms. The first-order chi connectivity index (χ1) is 13.6. The molecule has 0 fully saturated rings. The molecule has 2 rings (SSSR count). The van der Waals surface area contributed by atoms with Gasteiger partial charge in [-0.2, -0.15) is 0 Å². The van der Waals surface area contributed by atoms with Gasteiger partial charge < -0.3 is 9.84 Å². The number of thiophene rings is 1. The molecule has 1 heterocycles. The third-order valence-corrected chi connectivity index (χ3v) is 5.93. The van der Waals surface area contributed by atoms with Gasteiger partial charge in [-0.05, 0) is 42.3 Å². The lowest BCUT2D eigenvalue weighted by Crippen LogP contribution is -1.97. The van der Waals surface area contributed by atoms with Gasteiger partial charge in [0.05, 0.1) is 6.61 Å². The zero-order chi connectivity index (χ0) is 20.2. The molecule has 0 atom stereocenters. The SMILES string of the molecule is CCCCCCCCCCCCOc1ccc(-c2cc(F)c(C(=O)O)s2)cc1. The van der Waals surface area contributed by atoms with E-state index in [0.29, 0.717) is 11.5 Å². The molecule has 0 bridgehead atoms. The Bertz CT molecular complexity index is 709. The van der Waals surface area contributed by atoms with Gasteiger partial charge in [-0.3, -0.25) is 0 Å². The summed E-state index contributed by atoms with van der Waals surface area (Å²) in [6.07, 6.45) is 13.0. The highest BCUT2D eigenvalue weighted by Gasteiger charge is 2.16. The van der Waals surface area contributed by atoms with E-state index in [9.17, 15) is 9.18 Å². The number of halogens is 1. The highest BCUT2D eigenvalue weighted by Crippen LogP contribution is 2.31. The summed E-state index contributed by atoms with van der Waals surface area (Å²) < 4.78 is 19.4. The number of unbranched alkanes of at least 4 members (excludes halogenated alkanes) is 9. The molecule has 0 amide bonds. The number of benzene rings is 1. The third-order valence-electron chi connectivity index (χ3n) is 4.79. The predicted molar refractivity (Wildman–Crippen MR) is 114 cm³/mol. The summed E-state index contributed by atoms with van der Waals surface area (Å²) in [5.74, 6) is -1.13. The summed E-state index contributed by atoms with van der Waals surface area (Å²) in [5, 5.41) is 8.95. The molecule has 0 spiro atoms. The number of rotatable bonds is 14. The van der Waals surface area contributed by atoms with Crippen LogP contribution in [-0.4, -0.2) is 17.7 Å². The summed E-state index contributed by atoms with van der Waals surface area (Å²) in [6, 6.07) is 8.65. The number of carboxylic acid groups (broad SMARTS) is 1. The van der Waals surface area contributed by atoms with Crippen molar-refractivity contribution in [3.63, 3.8) is 0 Å². The molecule has 0 aliphatic heterocycles. The average molecular weight is 407 g/mol. The second-order valence-corrected chi connectivity index (χ2v) is 8.20. The molecule has 2 aromatic rings. The van der Waals surface area contributed by atoms with Crippen molar-refractivity contribution in [3.8, 4) is 16.2 Å². The number of hydrogen-bond donors (Lipinski definition) is 1. The van der Waals surface area contributed by atoms with Gasteiger partial charge in [-0.15, -0.1) is 11.3 Å². The van der Waals surface area contributed by atoms with Crippen molar-refractivity contribution >= 4 is 17.3 Å². The minimum absolute atomic E-state index is 0.253. The van der Waals surface area contributed by atoms with Gasteiger partial charge in [0.2, 0.25) is 0 Å². The Morgan fingerprint density at radius 2 is 1.54 bits per heavy atom. The van der Waals surface area contributed by atoms with Gasteiger partial charge in [0.25, 0.3) is 0 Å². The molecular formula is C23H31FO3S. The molecule has 1 aromatic carbocycles. The first-order valence-electron chi connectivity index (χ1n) is 10.4. The van der Waals surface area contributed by atoms with E-state index in [1.54, 1.807) is 0 Å². The van der Waals surface area contributed by atoms with E-state index in [1.807, 2.05) is 24.3 Å². The van der Waals surface area contributed by atoms with Crippen molar-refractivity contribution in [3.05, 3.63) is 41.0 Å². The summed E-state index contributed by atoms with van der Waals surface area (Å²) in [4.78, 5) is 11.3. The van der Waals surface area contributed by atoms with Gasteiger partial charge in [-0.25, -0.2) is 9.18 Å². The van der Waals surface area contributed by atoms with E-state index in [4.69, 9.17) is 9.84 Å². The average Bonchev–Trinajstić information content (AvgIpc) is 3.08. The maximum atomic E-state index is 13.6. The van der Waals surface area contributed by atoms with Gasteiger partial charge in [0, 0.05) is 4.88 Å². The highest BCUT2D eigenvalue weighted by molar-refractivity contribution is 7.17. The van der Waals surface area contributed by atoms with Crippen LogP contribution in [0, 0.1) is 5.82 Å². The second-order valence-electron chi connectivity index (χ2n) is 7.15. The monoisotopic (exact) mass is 406 g/mol. The Morgan fingerprint density at radius 1 is 0.964 bits per heavy atom. The molecule has 0 saturated heterocycles. The number of aromatic carboxylic acids is 1. The maximum absolute atomic E-state index is 13.6. The molecule has 0 saturated carbocycles. The number of carbonyl (C=O) groups is 1. The fraction of sp³-hybridized carbons (Fsp3) is 0.522. The van der Waals surface area contributed by atoms with Crippen LogP contribution in [0.15, 0.2) is 30.3 Å². The van der Waals surface area contributed by atoms with E-state index >= 15 is 0 Å². The van der Waals surface area contributed by atoms with Crippen LogP contribution in [0.3, 0.4) is 0 Å². The van der Waals surface area contributed by atoms with E-state index in [1.165, 1.54) is 63.9 Å². The third kappa shape index (κ3) is 7.63. The lowest BCUT2D eigenvalue weighted by atomic mass is 10.1. The normalized spacial score (nSPS) is 10.9. The standard InChI is InChI=1S/C23H31FO3S/c1-2-3-4-5-6-7-8-9-10-11-16-27-19-14-12-18(13-15-19)21-17-20(24)22(28-21)23(25)26/h12-15,17H,2-11,16H2,1H3,(H,25,26). The van der Waals surface area contributed by atoms with Gasteiger partial charge in [0.15, 0.2) is 0 Å². The summed E-state index contributed by atoms with van der Waals surface area (Å²) in [6.45, 7) is 2.95. The quantitative estimate of drug-likeness (QED) is 0.329. The van der Waals surface area contributed by atoms with E-state index in [-0.39, 0.29) is 4.88 Å². The van der Waals surface area contributed by atoms with Crippen molar-refractivity contribution in [1.29, 1.82) is 0 Å². The van der Waals surface area contributed by atoms with Crippen LogP contribution in [0.4, 0.5) is 4.39 Å². The van der Waals surface area contributed by atoms with Gasteiger partial charge in [-0.1, -0.05) is 64.7 Å². The molecule has 0 unspecified atom stereocenters. The summed E-state index contributed by atoms with van der Waals surface area (Å²) >= 11 is 0.947. The molecule has 0 aliphatic rings. The fourth-order valence-electron chi connectivity index (χ4n) is 3.15. The number of ether oxygens (including phenoxy) is 1. The fourth-order valence-corrected chi connectivity index (χ4v) is 4.03. The molecule has 0 radical (unpaired) electrons. The first-order valence-corrected chi connectivity index (χ1v) is 11.2. The molecule has 3 nitrogen and oxygen atoms in total. The maximum Gasteiger partial charge on any atom is 0.348 e. The molecular weight excluding hydrogens is 375 g/mol. The van der Waals surface area contributed by atoms with Gasteiger partial charge >= 0.3 is 5.97 Å². The molecule has 0 aliphatic carbocycles. The minimum Gasteiger partial charge on any atom is -0.494 e. The molecule has 5 heteroatoms. The zero-order valence-corrected chi connectivity index (χ0v) is 17.5. The largest absolute Gasteiger partial charge is 0.494 e. The van der Waals surface area contributed by atoms with Crippen molar-refractivity contribution < 1.29 is 19.0 Å². The topological polar surface area (TPSA) is 46.5 Å². The van der Waals surface area contributed by atoms with Crippen LogP contribution < -0.4 is 4.74 Å². The molecule has 154 valence electrons. The Labute approximate surface area is 171 Å². The Balaban J connectivity index is 1.61. The summed E-state index contributed by atoms with van der Waals surface area (Å²) in [5.41, 5.74) is 0.794. The van der Waals surface area contributed by atoms with Crippen LogP contribution >= 0.6 is 11.3 Å². The van der Waals surface area contributed by atoms with Crippen molar-refractivity contribution in [2.75, 3.05) is 6.61 Å². The second kappa shape index (κ2) is 12.6. The van der Waals surface area contributed by atoms with Crippen LogP contribution in [-0.2, 0) is 0 Å². The number of carboxylic acids is 1. The number of hydrogen-bond acceptors (Lipinski definition) is 3. The van der Waals surface area contributed by atoms with Crippen LogP contribution in [0.5, 0.6) is 5.75 Å². The van der Waals surface area contributed by atoms with Crippen LogP contribution in [0.25, 0.3) is 10.4 Å². The van der Waals surface area contributed by atoms with Crippen molar-refractivity contribution in [2.24, 2.45) is 0 Å². The first kappa shape index (κ1) is 22.4. The van der Waals surface area contributed by atoms with Crippen molar-refractivity contribution in [1.82, 2.24) is 0 Å². The Morgan fingerprint density at radius 3 is 2.07 bits per heavy atom. The van der Waals surface area contributed by atoms with Crippen molar-refractivity contribution in [2.45, 2.75) is 71.1 Å². The van der Waals surface area contributed by atoms with Crippen LogP contribution in [0.1, 0.15) is 80.8 Å². The Hall–Kier alpha value is -1.88. The van der Waals surface area contributed by atoms with E-state index in [2.05, 4.69) is 6.92 Å².